The summed E-state index contributed by atoms with van der Waals surface area (Å²) in [6.45, 7) is 7.42. The van der Waals surface area contributed by atoms with Gasteiger partial charge in [0.2, 0.25) is 11.8 Å². The van der Waals surface area contributed by atoms with Crippen LogP contribution < -0.4 is 14.4 Å². The van der Waals surface area contributed by atoms with Crippen LogP contribution in [-0.4, -0.2) is 51.4 Å². The van der Waals surface area contributed by atoms with E-state index in [2.05, 4.69) is 5.32 Å². The van der Waals surface area contributed by atoms with Gasteiger partial charge in [-0.25, -0.2) is 8.42 Å². The van der Waals surface area contributed by atoms with Gasteiger partial charge in [0, 0.05) is 13.6 Å². The molecule has 38 heavy (non-hydrogen) atoms. The number of carbonyl (C=O) groups is 2. The van der Waals surface area contributed by atoms with Crippen LogP contribution in [0.3, 0.4) is 0 Å². The Morgan fingerprint density at radius 3 is 2.16 bits per heavy atom. The fourth-order valence-electron chi connectivity index (χ4n) is 4.00. The summed E-state index contributed by atoms with van der Waals surface area (Å²) in [5.74, 6) is -0.264. The number of hydrogen-bond donors (Lipinski definition) is 1. The number of likely N-dealkylation sites (N-methyl/N-ethyl adjacent to an activating group) is 1. The Hall–Kier alpha value is -3.85. The van der Waals surface area contributed by atoms with E-state index in [1.807, 2.05) is 45.0 Å². The summed E-state index contributed by atoms with van der Waals surface area (Å²) in [6, 6.07) is 19.8. The lowest BCUT2D eigenvalue weighted by Gasteiger charge is -2.32. The monoisotopic (exact) mass is 537 g/mol. The molecule has 1 N–H and O–H groups in total. The van der Waals surface area contributed by atoms with E-state index in [-0.39, 0.29) is 17.3 Å². The molecule has 0 radical (unpaired) electrons. The molecule has 0 bridgehead atoms. The molecule has 1 atom stereocenters. The second-order valence-corrected chi connectivity index (χ2v) is 10.9. The van der Waals surface area contributed by atoms with Gasteiger partial charge in [-0.3, -0.25) is 13.9 Å². The summed E-state index contributed by atoms with van der Waals surface area (Å²) in [6.07, 6.45) is 0. The van der Waals surface area contributed by atoms with Gasteiger partial charge in [-0.05, 0) is 75.2 Å². The van der Waals surface area contributed by atoms with Crippen molar-refractivity contribution >= 4 is 27.5 Å². The Labute approximate surface area is 225 Å². The number of nitrogens with one attached hydrogen (secondary N) is 1. The summed E-state index contributed by atoms with van der Waals surface area (Å²) in [7, 11) is -2.61. The number of nitrogens with zero attached hydrogens (tertiary/aromatic N) is 2. The first-order valence-electron chi connectivity index (χ1n) is 12.5. The van der Waals surface area contributed by atoms with Crippen molar-refractivity contribution in [1.29, 1.82) is 0 Å². The molecule has 2 amide bonds. The van der Waals surface area contributed by atoms with Crippen molar-refractivity contribution in [2.24, 2.45) is 0 Å². The molecule has 0 aromatic heterocycles. The first kappa shape index (κ1) is 28.7. The van der Waals surface area contributed by atoms with E-state index in [0.717, 1.165) is 21.0 Å². The van der Waals surface area contributed by atoms with E-state index in [1.54, 1.807) is 43.3 Å². The van der Waals surface area contributed by atoms with Crippen LogP contribution in [0, 0.1) is 13.8 Å². The van der Waals surface area contributed by atoms with Crippen LogP contribution in [0.5, 0.6) is 5.75 Å². The zero-order chi connectivity index (χ0) is 27.9. The summed E-state index contributed by atoms with van der Waals surface area (Å²) in [5, 5.41) is 2.59. The van der Waals surface area contributed by atoms with Crippen molar-refractivity contribution in [3.05, 3.63) is 89.5 Å². The number of benzene rings is 3. The number of amides is 2. The number of anilines is 1. The number of ether oxygens (including phenoxy) is 1. The van der Waals surface area contributed by atoms with E-state index in [0.29, 0.717) is 18.0 Å². The quantitative estimate of drug-likeness (QED) is 0.398. The lowest BCUT2D eigenvalue weighted by molar-refractivity contribution is -0.139. The molecule has 0 aliphatic carbocycles. The van der Waals surface area contributed by atoms with Gasteiger partial charge in [-0.1, -0.05) is 42.0 Å². The van der Waals surface area contributed by atoms with Crippen LogP contribution in [0.15, 0.2) is 77.7 Å². The van der Waals surface area contributed by atoms with Gasteiger partial charge in [-0.2, -0.15) is 0 Å². The third kappa shape index (κ3) is 6.72. The van der Waals surface area contributed by atoms with E-state index >= 15 is 0 Å². The normalized spacial score (nSPS) is 11.9. The fraction of sp³-hybridized carbons (Fsp3) is 0.310. The van der Waals surface area contributed by atoms with Gasteiger partial charge >= 0.3 is 0 Å². The van der Waals surface area contributed by atoms with Crippen LogP contribution in [0.1, 0.15) is 30.5 Å². The molecule has 0 unspecified atom stereocenters. The van der Waals surface area contributed by atoms with Crippen molar-refractivity contribution in [2.75, 3.05) is 24.5 Å². The smallest absolute Gasteiger partial charge is 0.264 e. The molecule has 0 aliphatic rings. The number of rotatable bonds is 11. The zero-order valence-electron chi connectivity index (χ0n) is 22.5. The highest BCUT2D eigenvalue weighted by molar-refractivity contribution is 7.92. The molecule has 3 aromatic carbocycles. The third-order valence-corrected chi connectivity index (χ3v) is 8.13. The van der Waals surface area contributed by atoms with Crippen molar-refractivity contribution in [1.82, 2.24) is 10.2 Å². The molecule has 202 valence electrons. The predicted octanol–water partition coefficient (Wildman–Crippen LogP) is 4.06. The van der Waals surface area contributed by atoms with Crippen LogP contribution in [0.4, 0.5) is 5.69 Å². The van der Waals surface area contributed by atoms with Crippen molar-refractivity contribution < 1.29 is 22.7 Å². The van der Waals surface area contributed by atoms with Crippen molar-refractivity contribution in [3.8, 4) is 5.75 Å². The van der Waals surface area contributed by atoms with Gasteiger partial charge in [0.1, 0.15) is 18.3 Å². The van der Waals surface area contributed by atoms with Gasteiger partial charge < -0.3 is 15.0 Å². The number of carbonyl (C=O) groups excluding carboxylic acids is 2. The first-order chi connectivity index (χ1) is 18.1. The van der Waals surface area contributed by atoms with Crippen LogP contribution >= 0.6 is 0 Å². The highest BCUT2D eigenvalue weighted by atomic mass is 32.2. The summed E-state index contributed by atoms with van der Waals surface area (Å²) < 4.78 is 34.2. The van der Waals surface area contributed by atoms with Gasteiger partial charge in [0.25, 0.3) is 10.0 Å². The van der Waals surface area contributed by atoms with E-state index < -0.39 is 28.5 Å². The fourth-order valence-corrected chi connectivity index (χ4v) is 5.42. The van der Waals surface area contributed by atoms with Crippen LogP contribution in [-0.2, 0) is 26.2 Å². The molecular formula is C29H35N3O5S. The maximum Gasteiger partial charge on any atom is 0.264 e. The zero-order valence-corrected chi connectivity index (χ0v) is 23.3. The lowest BCUT2D eigenvalue weighted by Crippen LogP contribution is -2.50. The molecule has 0 fully saturated rings. The van der Waals surface area contributed by atoms with Gasteiger partial charge in [0.05, 0.1) is 17.2 Å². The average molecular weight is 538 g/mol. The van der Waals surface area contributed by atoms with E-state index in [1.165, 1.54) is 24.1 Å². The first-order valence-corrected chi connectivity index (χ1v) is 13.9. The standard InChI is InChI=1S/C29H35N3O5S/c1-6-37-26-15-13-25(14-16-26)32(38(35,36)27-17-11-21(2)12-18-27)20-28(33)31(23(4)29(34)30-5)19-24-10-8-7-9-22(24)3/h7-18,23H,6,19-20H2,1-5H3,(H,30,34)/t23-/m0/s1. The molecule has 3 aromatic rings. The molecule has 9 heteroatoms. The minimum atomic E-state index is -4.11. The Balaban J connectivity index is 2.04. The second-order valence-electron chi connectivity index (χ2n) is 8.99. The minimum Gasteiger partial charge on any atom is -0.494 e. The SMILES string of the molecule is CCOc1ccc(N(CC(=O)N(Cc2ccccc2C)[C@@H](C)C(=O)NC)S(=O)(=O)c2ccc(C)cc2)cc1. The number of hydrogen-bond acceptors (Lipinski definition) is 5. The number of sulfonamides is 1. The van der Waals surface area contributed by atoms with Crippen LogP contribution in [0.25, 0.3) is 0 Å². The molecule has 0 spiro atoms. The molecule has 0 saturated heterocycles. The number of aryl methyl sites for hydroxylation is 2. The van der Waals surface area contributed by atoms with Crippen LogP contribution in [0.2, 0.25) is 0 Å². The average Bonchev–Trinajstić information content (AvgIpc) is 2.91. The third-order valence-electron chi connectivity index (χ3n) is 6.34. The maximum absolute atomic E-state index is 13.8. The highest BCUT2D eigenvalue weighted by Gasteiger charge is 2.32. The molecule has 3 rings (SSSR count). The van der Waals surface area contributed by atoms with Crippen molar-refractivity contribution in [3.63, 3.8) is 0 Å². The predicted molar refractivity (Wildman–Crippen MR) is 149 cm³/mol. The molecule has 0 aliphatic heterocycles. The largest absolute Gasteiger partial charge is 0.494 e. The summed E-state index contributed by atoms with van der Waals surface area (Å²) in [4.78, 5) is 27.9. The second kappa shape index (κ2) is 12.6. The molecule has 8 nitrogen and oxygen atoms in total. The maximum atomic E-state index is 13.8. The molecule has 0 heterocycles. The summed E-state index contributed by atoms with van der Waals surface area (Å²) >= 11 is 0. The lowest BCUT2D eigenvalue weighted by atomic mass is 10.1. The van der Waals surface area contributed by atoms with Gasteiger partial charge in [0.15, 0.2) is 0 Å². The Bertz CT molecular complexity index is 1360. The summed E-state index contributed by atoms with van der Waals surface area (Å²) in [5.41, 5.74) is 3.05. The Morgan fingerprint density at radius 1 is 0.947 bits per heavy atom. The Morgan fingerprint density at radius 2 is 1.58 bits per heavy atom. The molecule has 0 saturated carbocycles. The Kier molecular flexibility index (Phi) is 9.52. The van der Waals surface area contributed by atoms with Crippen molar-refractivity contribution in [2.45, 2.75) is 45.2 Å². The minimum absolute atomic E-state index is 0.0644. The highest BCUT2D eigenvalue weighted by Crippen LogP contribution is 2.27. The van der Waals surface area contributed by atoms with E-state index in [9.17, 15) is 18.0 Å². The van der Waals surface area contributed by atoms with Gasteiger partial charge in [-0.15, -0.1) is 0 Å². The topological polar surface area (TPSA) is 96.0 Å². The molecular weight excluding hydrogens is 502 g/mol. The van der Waals surface area contributed by atoms with E-state index in [4.69, 9.17) is 4.74 Å².